The van der Waals surface area contributed by atoms with Crippen LogP contribution in [0.5, 0.6) is 0 Å². The predicted octanol–water partition coefficient (Wildman–Crippen LogP) is 1.87. The molecule has 1 aromatic rings. The van der Waals surface area contributed by atoms with Gasteiger partial charge in [0, 0.05) is 20.8 Å². The number of anilines is 1. The van der Waals surface area contributed by atoms with E-state index in [4.69, 9.17) is 10.7 Å². The van der Waals surface area contributed by atoms with Gasteiger partial charge in [0.05, 0.1) is 11.3 Å². The van der Waals surface area contributed by atoms with Crippen LogP contribution in [-0.2, 0) is 20.3 Å². The number of amides is 1. The maximum Gasteiger partial charge on any atom is 0.262 e. The quantitative estimate of drug-likeness (QED) is 0.806. The van der Waals surface area contributed by atoms with Gasteiger partial charge in [-0.1, -0.05) is 0 Å². The SMILES string of the molecule is O=C1Cc2cc(Br)c(S(=O)(=O)Cl)cc2N1. The Morgan fingerprint density at radius 2 is 2.07 bits per heavy atom. The van der Waals surface area contributed by atoms with Crippen molar-refractivity contribution in [2.45, 2.75) is 11.3 Å². The Morgan fingerprint density at radius 1 is 1.40 bits per heavy atom. The molecular formula is C8H5BrClNO3S. The van der Waals surface area contributed by atoms with Gasteiger partial charge in [0.1, 0.15) is 0 Å². The topological polar surface area (TPSA) is 63.2 Å². The van der Waals surface area contributed by atoms with Crippen LogP contribution < -0.4 is 5.32 Å². The molecule has 0 aliphatic carbocycles. The average Bonchev–Trinajstić information content (AvgIpc) is 2.40. The summed E-state index contributed by atoms with van der Waals surface area (Å²) in [5, 5.41) is 2.55. The van der Waals surface area contributed by atoms with Gasteiger partial charge in [-0.3, -0.25) is 4.79 Å². The third-order valence-electron chi connectivity index (χ3n) is 2.05. The lowest BCUT2D eigenvalue weighted by Crippen LogP contribution is -2.03. The molecule has 0 aromatic heterocycles. The van der Waals surface area contributed by atoms with Crippen LogP contribution in [0.4, 0.5) is 5.69 Å². The van der Waals surface area contributed by atoms with Crippen molar-refractivity contribution in [1.29, 1.82) is 0 Å². The second-order valence-corrected chi connectivity index (χ2v) is 6.49. The van der Waals surface area contributed by atoms with Crippen molar-refractivity contribution in [3.8, 4) is 0 Å². The van der Waals surface area contributed by atoms with Crippen molar-refractivity contribution in [1.82, 2.24) is 0 Å². The zero-order chi connectivity index (χ0) is 11.2. The lowest BCUT2D eigenvalue weighted by atomic mass is 10.2. The van der Waals surface area contributed by atoms with Crippen LogP contribution in [0, 0.1) is 0 Å². The van der Waals surface area contributed by atoms with Crippen molar-refractivity contribution in [2.75, 3.05) is 5.32 Å². The number of hydrogen-bond donors (Lipinski definition) is 1. The molecule has 0 saturated carbocycles. The van der Waals surface area contributed by atoms with E-state index in [0.717, 1.165) is 5.56 Å². The summed E-state index contributed by atoms with van der Waals surface area (Å²) in [5.41, 5.74) is 1.26. The van der Waals surface area contributed by atoms with Crippen LogP contribution in [-0.4, -0.2) is 14.3 Å². The predicted molar refractivity (Wildman–Crippen MR) is 59.5 cm³/mol. The molecule has 7 heteroatoms. The Balaban J connectivity index is 2.64. The standard InChI is InChI=1S/C8H5BrClNO3S/c9-5-1-4-2-8(12)11-6(4)3-7(5)15(10,13)14/h1,3H,2H2,(H,11,12). The van der Waals surface area contributed by atoms with Crippen LogP contribution in [0.2, 0.25) is 0 Å². The van der Waals surface area contributed by atoms with Crippen LogP contribution in [0.1, 0.15) is 5.56 Å². The minimum absolute atomic E-state index is 0.0369. The summed E-state index contributed by atoms with van der Waals surface area (Å²) >= 11 is 3.10. The first-order valence-electron chi connectivity index (χ1n) is 3.95. The van der Waals surface area contributed by atoms with Crippen LogP contribution >= 0.6 is 26.6 Å². The highest BCUT2D eigenvalue weighted by molar-refractivity contribution is 9.10. The first kappa shape index (κ1) is 10.9. The molecule has 80 valence electrons. The van der Waals surface area contributed by atoms with E-state index in [2.05, 4.69) is 21.2 Å². The lowest BCUT2D eigenvalue weighted by molar-refractivity contribution is -0.115. The largest absolute Gasteiger partial charge is 0.325 e. The molecule has 0 atom stereocenters. The van der Waals surface area contributed by atoms with Crippen molar-refractivity contribution >= 4 is 47.3 Å². The minimum Gasteiger partial charge on any atom is -0.325 e. The van der Waals surface area contributed by atoms with E-state index in [-0.39, 0.29) is 17.2 Å². The molecule has 1 aliphatic rings. The first-order chi connectivity index (χ1) is 6.88. The molecule has 1 heterocycles. The zero-order valence-electron chi connectivity index (χ0n) is 7.25. The third kappa shape index (κ3) is 2.02. The van der Waals surface area contributed by atoms with E-state index in [1.54, 1.807) is 6.07 Å². The fraction of sp³-hybridized carbons (Fsp3) is 0.125. The Hall–Kier alpha value is -0.590. The Bertz CT molecular complexity index is 555. The van der Waals surface area contributed by atoms with E-state index in [0.29, 0.717) is 10.2 Å². The van der Waals surface area contributed by atoms with Crippen LogP contribution in [0.3, 0.4) is 0 Å². The second kappa shape index (κ2) is 3.47. The van der Waals surface area contributed by atoms with E-state index < -0.39 is 9.05 Å². The highest BCUT2D eigenvalue weighted by atomic mass is 79.9. The Labute approximate surface area is 99.2 Å². The number of rotatable bonds is 1. The van der Waals surface area contributed by atoms with Crippen molar-refractivity contribution in [3.05, 3.63) is 22.2 Å². The van der Waals surface area contributed by atoms with Gasteiger partial charge >= 0.3 is 0 Å². The monoisotopic (exact) mass is 309 g/mol. The summed E-state index contributed by atoms with van der Waals surface area (Å²) in [6.45, 7) is 0. The van der Waals surface area contributed by atoms with Gasteiger partial charge in [-0.2, -0.15) is 0 Å². The normalized spacial score (nSPS) is 14.9. The molecule has 1 amide bonds. The van der Waals surface area contributed by atoms with Gasteiger partial charge in [0.25, 0.3) is 9.05 Å². The molecule has 0 unspecified atom stereocenters. The molecule has 0 saturated heterocycles. The molecule has 2 rings (SSSR count). The number of nitrogens with one attached hydrogen (secondary N) is 1. The van der Waals surface area contributed by atoms with Gasteiger partial charge in [-0.25, -0.2) is 8.42 Å². The van der Waals surface area contributed by atoms with E-state index >= 15 is 0 Å². The molecule has 4 nitrogen and oxygen atoms in total. The minimum atomic E-state index is -3.80. The Kier molecular flexibility index (Phi) is 2.52. The maximum absolute atomic E-state index is 11.2. The van der Waals surface area contributed by atoms with Crippen molar-refractivity contribution < 1.29 is 13.2 Å². The number of carbonyl (C=O) groups is 1. The molecule has 0 bridgehead atoms. The molecule has 0 radical (unpaired) electrons. The number of carbonyl (C=O) groups excluding carboxylic acids is 1. The molecule has 1 aromatic carbocycles. The first-order valence-corrected chi connectivity index (χ1v) is 7.05. The van der Waals surface area contributed by atoms with E-state index in [1.807, 2.05) is 0 Å². The lowest BCUT2D eigenvalue weighted by Gasteiger charge is -2.04. The number of hydrogen-bond acceptors (Lipinski definition) is 3. The fourth-order valence-electron chi connectivity index (χ4n) is 1.41. The summed E-state index contributed by atoms with van der Waals surface area (Å²) in [5.74, 6) is -0.152. The zero-order valence-corrected chi connectivity index (χ0v) is 10.4. The molecule has 0 spiro atoms. The van der Waals surface area contributed by atoms with Crippen LogP contribution in [0.25, 0.3) is 0 Å². The van der Waals surface area contributed by atoms with Gasteiger partial charge in [-0.15, -0.1) is 0 Å². The summed E-state index contributed by atoms with van der Waals surface area (Å²) in [7, 11) is 1.43. The summed E-state index contributed by atoms with van der Waals surface area (Å²) in [4.78, 5) is 11.0. The van der Waals surface area contributed by atoms with Gasteiger partial charge in [0.2, 0.25) is 5.91 Å². The van der Waals surface area contributed by atoms with E-state index in [9.17, 15) is 13.2 Å². The second-order valence-electron chi connectivity index (χ2n) is 3.10. The molecule has 1 aliphatic heterocycles. The number of halogens is 2. The van der Waals surface area contributed by atoms with Crippen molar-refractivity contribution in [3.63, 3.8) is 0 Å². The van der Waals surface area contributed by atoms with Gasteiger partial charge in [0.15, 0.2) is 0 Å². The summed E-state index contributed by atoms with van der Waals surface area (Å²) in [6.07, 6.45) is 0.260. The molecular weight excluding hydrogens is 306 g/mol. The summed E-state index contributed by atoms with van der Waals surface area (Å²) < 4.78 is 22.7. The van der Waals surface area contributed by atoms with Gasteiger partial charge < -0.3 is 5.32 Å². The van der Waals surface area contributed by atoms with Crippen LogP contribution in [0.15, 0.2) is 21.5 Å². The smallest absolute Gasteiger partial charge is 0.262 e. The van der Waals surface area contributed by atoms with E-state index in [1.165, 1.54) is 6.07 Å². The average molecular weight is 311 g/mol. The fourth-order valence-corrected chi connectivity index (χ4v) is 3.65. The summed E-state index contributed by atoms with van der Waals surface area (Å²) in [6, 6.07) is 2.94. The highest BCUT2D eigenvalue weighted by Crippen LogP contribution is 2.33. The number of benzene rings is 1. The highest BCUT2D eigenvalue weighted by Gasteiger charge is 2.23. The van der Waals surface area contributed by atoms with Gasteiger partial charge in [-0.05, 0) is 33.6 Å². The maximum atomic E-state index is 11.2. The molecule has 1 N–H and O–H groups in total. The Morgan fingerprint density at radius 3 is 2.67 bits per heavy atom. The number of fused-ring (bicyclic) bond motifs is 1. The molecule has 15 heavy (non-hydrogen) atoms. The third-order valence-corrected chi connectivity index (χ3v) is 4.33. The molecule has 0 fully saturated rings. The van der Waals surface area contributed by atoms with Crippen molar-refractivity contribution in [2.24, 2.45) is 0 Å².